The summed E-state index contributed by atoms with van der Waals surface area (Å²) >= 11 is 0. The third-order valence-corrected chi connectivity index (χ3v) is 23.1. The fraction of sp³-hybridized carbons (Fsp3) is 0.562. The van der Waals surface area contributed by atoms with Crippen LogP contribution < -0.4 is 10.4 Å². The Morgan fingerprint density at radius 1 is 0.444 bits per heavy atom. The van der Waals surface area contributed by atoms with Crippen LogP contribution in [-0.4, -0.2) is 28.6 Å². The van der Waals surface area contributed by atoms with Gasteiger partial charge in [0.25, 0.3) is 0 Å². The molecule has 0 aliphatic heterocycles. The Morgan fingerprint density at radius 2 is 0.694 bits per heavy atom. The van der Waals surface area contributed by atoms with E-state index in [-0.39, 0.29) is 0 Å². The van der Waals surface area contributed by atoms with Gasteiger partial charge in [0.05, 0.1) is 27.5 Å². The minimum absolute atomic E-state index is 0.649. The van der Waals surface area contributed by atoms with Gasteiger partial charge in [-0.3, -0.25) is 9.98 Å². The summed E-state index contributed by atoms with van der Waals surface area (Å²) in [5, 5.41) is 2.97. The second-order valence-corrected chi connectivity index (χ2v) is 24.1. The molecule has 0 radical (unpaired) electrons. The third-order valence-electron chi connectivity index (χ3n) is 8.97. The van der Waals surface area contributed by atoms with Crippen molar-refractivity contribution in [1.29, 1.82) is 0 Å². The van der Waals surface area contributed by atoms with Gasteiger partial charge >= 0.3 is 0 Å². The Morgan fingerprint density at radius 3 is 0.944 bits per heavy atom. The van der Waals surface area contributed by atoms with Crippen molar-refractivity contribution in [2.24, 2.45) is 9.98 Å². The lowest BCUT2D eigenvalue weighted by Gasteiger charge is -2.44. The van der Waals surface area contributed by atoms with Crippen molar-refractivity contribution >= 4 is 50.3 Å². The van der Waals surface area contributed by atoms with Crippen LogP contribution in [0.2, 0.25) is 33.2 Å². The molecular weight excluding hydrogens is 469 g/mol. The molecule has 2 rings (SSSR count). The van der Waals surface area contributed by atoms with E-state index in [4.69, 9.17) is 9.98 Å². The molecule has 2 aromatic carbocycles. The van der Waals surface area contributed by atoms with E-state index in [1.165, 1.54) is 10.4 Å². The first-order chi connectivity index (χ1) is 16.9. The van der Waals surface area contributed by atoms with E-state index in [1.807, 2.05) is 12.4 Å². The summed E-state index contributed by atoms with van der Waals surface area (Å²) in [6, 6.07) is 17.7. The molecule has 2 aromatic rings. The Balaban J connectivity index is 2.54. The minimum atomic E-state index is -1.80. The highest BCUT2D eigenvalue weighted by molar-refractivity contribution is 6.96. The highest BCUT2D eigenvalue weighted by Crippen LogP contribution is 2.43. The van der Waals surface area contributed by atoms with Crippen LogP contribution in [0, 0.1) is 0 Å². The number of para-hydroxylation sites is 2. The van der Waals surface area contributed by atoms with Gasteiger partial charge in [-0.2, -0.15) is 0 Å². The number of rotatable bonds is 11. The second-order valence-electron chi connectivity index (χ2n) is 12.4. The van der Waals surface area contributed by atoms with Crippen LogP contribution in [-0.2, 0) is 0 Å². The van der Waals surface area contributed by atoms with Crippen LogP contribution >= 0.6 is 0 Å². The molecule has 0 aliphatic carbocycles. The molecule has 0 spiro atoms. The van der Waals surface area contributed by atoms with Gasteiger partial charge in [-0.1, -0.05) is 119 Å². The average molecular weight is 521 g/mol. The van der Waals surface area contributed by atoms with E-state index in [0.29, 0.717) is 33.2 Å². The Bertz CT molecular complexity index is 905. The maximum atomic E-state index is 5.00. The number of aliphatic imine (C=N–C) groups is 2. The number of nitrogens with zero attached hydrogens (tertiary/aromatic N) is 2. The summed E-state index contributed by atoms with van der Waals surface area (Å²) in [5.74, 6) is 0. The summed E-state index contributed by atoms with van der Waals surface area (Å²) in [7, 11) is -3.59. The van der Waals surface area contributed by atoms with Crippen molar-refractivity contribution in [3.63, 3.8) is 0 Å². The predicted octanol–water partition coefficient (Wildman–Crippen LogP) is 9.56. The predicted molar refractivity (Wildman–Crippen MR) is 171 cm³/mol. The summed E-state index contributed by atoms with van der Waals surface area (Å²) in [6.07, 6.45) is 3.83. The van der Waals surface area contributed by atoms with Gasteiger partial charge in [-0.05, 0) is 55.8 Å². The van der Waals surface area contributed by atoms with E-state index in [1.54, 1.807) is 0 Å². The number of hydrogen-bond acceptors (Lipinski definition) is 2. The van der Waals surface area contributed by atoms with Gasteiger partial charge in [0.15, 0.2) is 0 Å². The molecule has 0 amide bonds. The van der Waals surface area contributed by atoms with Crippen LogP contribution in [0.25, 0.3) is 0 Å². The smallest absolute Gasteiger partial charge is 0.0970 e. The molecule has 4 heteroatoms. The lowest BCUT2D eigenvalue weighted by Crippen LogP contribution is -2.55. The van der Waals surface area contributed by atoms with Gasteiger partial charge < -0.3 is 0 Å². The zero-order valence-corrected chi connectivity index (χ0v) is 27.1. The Labute approximate surface area is 224 Å². The molecule has 0 saturated carbocycles. The van der Waals surface area contributed by atoms with Crippen LogP contribution in [0.1, 0.15) is 83.1 Å². The van der Waals surface area contributed by atoms with Gasteiger partial charge in [0.1, 0.15) is 0 Å². The minimum Gasteiger partial charge on any atom is -0.255 e. The van der Waals surface area contributed by atoms with Crippen LogP contribution in [0.5, 0.6) is 0 Å². The van der Waals surface area contributed by atoms with Gasteiger partial charge in [-0.25, -0.2) is 0 Å². The Kier molecular flexibility index (Phi) is 10.7. The molecule has 0 N–H and O–H groups in total. The molecule has 0 fully saturated rings. The van der Waals surface area contributed by atoms with Crippen LogP contribution in [0.3, 0.4) is 0 Å². The molecule has 0 heterocycles. The van der Waals surface area contributed by atoms with Crippen LogP contribution in [0.15, 0.2) is 58.5 Å². The van der Waals surface area contributed by atoms with E-state index in [9.17, 15) is 0 Å². The first kappa shape index (κ1) is 30.4. The SMILES string of the molecule is CC(C)[Si](c1ccccc1N=CC=Nc1ccccc1[Si](C(C)C)(C(C)C)C(C)C)(C(C)C)C(C)C. The lowest BCUT2D eigenvalue weighted by molar-refractivity contribution is 0.835. The van der Waals surface area contributed by atoms with Crippen molar-refractivity contribution in [3.8, 4) is 0 Å². The third kappa shape index (κ3) is 5.55. The highest BCUT2D eigenvalue weighted by Gasteiger charge is 2.46. The maximum Gasteiger partial charge on any atom is 0.0970 e. The van der Waals surface area contributed by atoms with Crippen molar-refractivity contribution < 1.29 is 0 Å². The molecule has 0 aliphatic rings. The van der Waals surface area contributed by atoms with Crippen molar-refractivity contribution in [2.75, 3.05) is 0 Å². The molecule has 0 atom stereocenters. The molecule has 2 nitrogen and oxygen atoms in total. The zero-order chi connectivity index (χ0) is 27.3. The quantitative estimate of drug-likeness (QED) is 0.208. The molecule has 0 unspecified atom stereocenters. The van der Waals surface area contributed by atoms with Gasteiger partial charge in [0, 0.05) is 12.4 Å². The molecule has 36 heavy (non-hydrogen) atoms. The van der Waals surface area contributed by atoms with E-state index in [0.717, 1.165) is 11.4 Å². The number of hydrogen-bond donors (Lipinski definition) is 0. The standard InChI is InChI=1S/C32H52N2Si2/c1-23(2)35(24(3)4,25(5)6)31-19-15-13-17-29(31)33-21-22-34-30-18-14-16-20-32(30)36(26(7)8,27(9)10)28(11)12/h13-28H,1-12H3. The molecular formula is C32H52N2Si2. The zero-order valence-electron chi connectivity index (χ0n) is 25.1. The van der Waals surface area contributed by atoms with Crippen LogP contribution in [0.4, 0.5) is 11.4 Å². The average Bonchev–Trinajstić information content (AvgIpc) is 2.78. The largest absolute Gasteiger partial charge is 0.255 e. The van der Waals surface area contributed by atoms with E-state index >= 15 is 0 Å². The summed E-state index contributed by atoms with van der Waals surface area (Å²) in [5.41, 5.74) is 6.13. The topological polar surface area (TPSA) is 24.7 Å². The highest BCUT2D eigenvalue weighted by atomic mass is 28.3. The van der Waals surface area contributed by atoms with E-state index < -0.39 is 16.1 Å². The van der Waals surface area contributed by atoms with Crippen molar-refractivity contribution in [3.05, 3.63) is 48.5 Å². The number of benzene rings is 2. The van der Waals surface area contributed by atoms with Crippen molar-refractivity contribution in [2.45, 2.75) is 116 Å². The Hall–Kier alpha value is -1.79. The van der Waals surface area contributed by atoms with E-state index in [2.05, 4.69) is 132 Å². The summed E-state index contributed by atoms with van der Waals surface area (Å²) in [6.45, 7) is 29.0. The molecule has 0 bridgehead atoms. The lowest BCUT2D eigenvalue weighted by atomic mass is 10.3. The monoisotopic (exact) mass is 520 g/mol. The molecule has 0 saturated heterocycles. The summed E-state index contributed by atoms with van der Waals surface area (Å²) in [4.78, 5) is 10.0. The first-order valence-corrected chi connectivity index (χ1v) is 18.6. The maximum absolute atomic E-state index is 5.00. The normalized spacial score (nSPS) is 13.7. The fourth-order valence-electron chi connectivity index (χ4n) is 8.00. The van der Waals surface area contributed by atoms with Gasteiger partial charge in [-0.15, -0.1) is 0 Å². The molecule has 0 aromatic heterocycles. The fourth-order valence-corrected chi connectivity index (χ4v) is 21.7. The van der Waals surface area contributed by atoms with Gasteiger partial charge in [0.2, 0.25) is 0 Å². The second kappa shape index (κ2) is 12.6. The van der Waals surface area contributed by atoms with Crippen molar-refractivity contribution in [1.82, 2.24) is 0 Å². The first-order valence-electron chi connectivity index (χ1n) is 14.1. The summed E-state index contributed by atoms with van der Waals surface area (Å²) < 4.78 is 0. The molecule has 198 valence electrons.